The van der Waals surface area contributed by atoms with E-state index in [2.05, 4.69) is 4.98 Å². The highest BCUT2D eigenvalue weighted by Gasteiger charge is 2.08. The van der Waals surface area contributed by atoms with Crippen molar-refractivity contribution in [3.8, 4) is 11.3 Å². The van der Waals surface area contributed by atoms with Crippen LogP contribution in [0.3, 0.4) is 0 Å². The number of rotatable bonds is 1. The molecule has 82 valence electrons. The molecule has 0 fully saturated rings. The van der Waals surface area contributed by atoms with Crippen molar-refractivity contribution in [2.24, 2.45) is 0 Å². The molecule has 0 saturated heterocycles. The van der Waals surface area contributed by atoms with Crippen LogP contribution in [0.15, 0.2) is 30.3 Å². The predicted molar refractivity (Wildman–Crippen MR) is 64.7 cm³/mol. The minimum absolute atomic E-state index is 0.281. The molecule has 0 aliphatic heterocycles. The summed E-state index contributed by atoms with van der Waals surface area (Å²) in [5, 5.41) is 0.911. The maximum absolute atomic E-state index is 12.9. The Balaban J connectivity index is 2.57. The van der Waals surface area contributed by atoms with Crippen LogP contribution < -0.4 is 0 Å². The van der Waals surface area contributed by atoms with Crippen molar-refractivity contribution in [3.63, 3.8) is 0 Å². The van der Waals surface area contributed by atoms with E-state index in [1.165, 1.54) is 6.07 Å². The summed E-state index contributed by atoms with van der Waals surface area (Å²) in [6.07, 6.45) is 0. The smallest absolute Gasteiger partial charge is 0.213 e. The van der Waals surface area contributed by atoms with Gasteiger partial charge >= 0.3 is 0 Å². The van der Waals surface area contributed by atoms with E-state index in [1.54, 1.807) is 24.3 Å². The lowest BCUT2D eigenvalue weighted by atomic mass is 10.1. The van der Waals surface area contributed by atoms with Gasteiger partial charge in [-0.1, -0.05) is 40.9 Å². The highest BCUT2D eigenvalue weighted by Crippen LogP contribution is 2.34. The van der Waals surface area contributed by atoms with Gasteiger partial charge in [-0.15, -0.1) is 0 Å². The Kier molecular flexibility index (Phi) is 3.33. The van der Waals surface area contributed by atoms with Gasteiger partial charge in [-0.2, -0.15) is 4.39 Å². The molecule has 0 unspecified atom stereocenters. The Morgan fingerprint density at radius 2 is 1.62 bits per heavy atom. The maximum atomic E-state index is 12.9. The van der Waals surface area contributed by atoms with Gasteiger partial charge < -0.3 is 0 Å². The molecule has 0 saturated carbocycles. The van der Waals surface area contributed by atoms with Crippen molar-refractivity contribution in [2.45, 2.75) is 0 Å². The standard InChI is InChI=1S/C11H5Cl3FN/c12-7-4-6(5-8(13)11(7)14)9-2-1-3-10(15)16-9/h1-5H. The van der Waals surface area contributed by atoms with Gasteiger partial charge in [-0.3, -0.25) is 0 Å². The van der Waals surface area contributed by atoms with E-state index < -0.39 is 5.95 Å². The summed E-state index contributed by atoms with van der Waals surface area (Å²) in [5.41, 5.74) is 1.08. The molecule has 2 aromatic rings. The first-order valence-electron chi connectivity index (χ1n) is 4.35. The first-order valence-corrected chi connectivity index (χ1v) is 5.49. The molecule has 0 bridgehead atoms. The summed E-state index contributed by atoms with van der Waals surface area (Å²) < 4.78 is 12.9. The van der Waals surface area contributed by atoms with Crippen LogP contribution >= 0.6 is 34.8 Å². The summed E-state index contributed by atoms with van der Waals surface area (Å²) >= 11 is 17.6. The van der Waals surface area contributed by atoms with Gasteiger partial charge in [0.05, 0.1) is 20.8 Å². The number of halogens is 4. The lowest BCUT2D eigenvalue weighted by molar-refractivity contribution is 0.585. The van der Waals surface area contributed by atoms with Gasteiger partial charge in [0.1, 0.15) is 0 Å². The number of aromatic nitrogens is 1. The first-order chi connectivity index (χ1) is 7.58. The molecular formula is C11H5Cl3FN. The second-order valence-electron chi connectivity index (χ2n) is 3.10. The molecule has 1 aromatic carbocycles. The Labute approximate surface area is 107 Å². The topological polar surface area (TPSA) is 12.9 Å². The van der Waals surface area contributed by atoms with E-state index in [1.807, 2.05) is 0 Å². The predicted octanol–water partition coefficient (Wildman–Crippen LogP) is 4.85. The SMILES string of the molecule is Fc1cccc(-c2cc(Cl)c(Cl)c(Cl)c2)n1. The summed E-state index contributed by atoms with van der Waals surface area (Å²) in [7, 11) is 0. The Hall–Kier alpha value is -0.830. The Bertz CT molecular complexity index is 519. The zero-order chi connectivity index (χ0) is 11.7. The summed E-state index contributed by atoms with van der Waals surface area (Å²) in [5.74, 6) is -0.556. The van der Waals surface area contributed by atoms with Crippen LogP contribution in [-0.4, -0.2) is 4.98 Å². The molecule has 0 radical (unpaired) electrons. The molecule has 1 heterocycles. The van der Waals surface area contributed by atoms with Crippen LogP contribution in [0.4, 0.5) is 4.39 Å². The molecule has 0 aliphatic carbocycles. The number of benzene rings is 1. The molecular weight excluding hydrogens is 271 g/mol. The minimum atomic E-state index is -0.556. The number of nitrogens with zero attached hydrogens (tertiary/aromatic N) is 1. The van der Waals surface area contributed by atoms with Crippen molar-refractivity contribution >= 4 is 34.8 Å². The largest absolute Gasteiger partial charge is 0.220 e. The highest BCUT2D eigenvalue weighted by atomic mass is 35.5. The van der Waals surface area contributed by atoms with Crippen LogP contribution in [0.1, 0.15) is 0 Å². The number of hydrogen-bond donors (Lipinski definition) is 0. The fourth-order valence-corrected chi connectivity index (χ4v) is 1.87. The highest BCUT2D eigenvalue weighted by molar-refractivity contribution is 6.48. The van der Waals surface area contributed by atoms with Gasteiger partial charge in [0.15, 0.2) is 0 Å². The van der Waals surface area contributed by atoms with Gasteiger partial charge in [-0.25, -0.2) is 4.98 Å². The third-order valence-corrected chi connectivity index (χ3v) is 3.19. The average Bonchev–Trinajstić information content (AvgIpc) is 2.25. The second-order valence-corrected chi connectivity index (χ2v) is 4.29. The summed E-state index contributed by atoms with van der Waals surface area (Å²) in [6, 6.07) is 7.69. The minimum Gasteiger partial charge on any atom is -0.220 e. The summed E-state index contributed by atoms with van der Waals surface area (Å²) in [4.78, 5) is 3.73. The van der Waals surface area contributed by atoms with E-state index in [0.29, 0.717) is 21.3 Å². The van der Waals surface area contributed by atoms with E-state index in [9.17, 15) is 4.39 Å². The zero-order valence-corrected chi connectivity index (χ0v) is 10.1. The maximum Gasteiger partial charge on any atom is 0.213 e. The van der Waals surface area contributed by atoms with E-state index in [-0.39, 0.29) is 5.02 Å². The first kappa shape index (κ1) is 11.6. The third kappa shape index (κ3) is 2.29. The number of pyridine rings is 1. The molecule has 0 aliphatic rings. The lowest BCUT2D eigenvalue weighted by Crippen LogP contribution is -1.87. The fourth-order valence-electron chi connectivity index (χ4n) is 1.27. The van der Waals surface area contributed by atoms with Crippen molar-refractivity contribution in [2.75, 3.05) is 0 Å². The van der Waals surface area contributed by atoms with E-state index in [0.717, 1.165) is 0 Å². The van der Waals surface area contributed by atoms with E-state index >= 15 is 0 Å². The molecule has 0 N–H and O–H groups in total. The van der Waals surface area contributed by atoms with Crippen molar-refractivity contribution < 1.29 is 4.39 Å². The quantitative estimate of drug-likeness (QED) is 0.536. The monoisotopic (exact) mass is 275 g/mol. The molecule has 2 rings (SSSR count). The van der Waals surface area contributed by atoms with Gasteiger partial charge in [0, 0.05) is 5.56 Å². The van der Waals surface area contributed by atoms with Gasteiger partial charge in [0.25, 0.3) is 0 Å². The molecule has 1 nitrogen and oxygen atoms in total. The normalized spacial score (nSPS) is 10.5. The average molecular weight is 277 g/mol. The molecule has 5 heteroatoms. The van der Waals surface area contributed by atoms with Gasteiger partial charge in [0.2, 0.25) is 5.95 Å². The number of hydrogen-bond acceptors (Lipinski definition) is 1. The van der Waals surface area contributed by atoms with Crippen LogP contribution in [0.2, 0.25) is 15.1 Å². The molecule has 1 aromatic heterocycles. The van der Waals surface area contributed by atoms with Gasteiger partial charge in [-0.05, 0) is 24.3 Å². The molecule has 0 spiro atoms. The van der Waals surface area contributed by atoms with Crippen LogP contribution in [-0.2, 0) is 0 Å². The van der Waals surface area contributed by atoms with Crippen molar-refractivity contribution in [1.29, 1.82) is 0 Å². The third-order valence-electron chi connectivity index (χ3n) is 1.99. The summed E-state index contributed by atoms with van der Waals surface area (Å²) in [6.45, 7) is 0. The fraction of sp³-hybridized carbons (Fsp3) is 0. The van der Waals surface area contributed by atoms with Crippen molar-refractivity contribution in [1.82, 2.24) is 4.98 Å². The Morgan fingerprint density at radius 1 is 1.00 bits per heavy atom. The molecule has 16 heavy (non-hydrogen) atoms. The lowest BCUT2D eigenvalue weighted by Gasteiger charge is -2.04. The van der Waals surface area contributed by atoms with Crippen molar-refractivity contribution in [3.05, 3.63) is 51.3 Å². The zero-order valence-electron chi connectivity index (χ0n) is 7.85. The second kappa shape index (κ2) is 4.58. The molecule has 0 amide bonds. The Morgan fingerprint density at radius 3 is 2.19 bits per heavy atom. The molecule has 0 atom stereocenters. The van der Waals surface area contributed by atoms with E-state index in [4.69, 9.17) is 34.8 Å². The van der Waals surface area contributed by atoms with Crippen LogP contribution in [0.5, 0.6) is 0 Å². The van der Waals surface area contributed by atoms with Crippen LogP contribution in [0.25, 0.3) is 11.3 Å². The van der Waals surface area contributed by atoms with Crippen LogP contribution in [0, 0.1) is 5.95 Å².